The van der Waals surface area contributed by atoms with Gasteiger partial charge in [-0.25, -0.2) is 0 Å². The van der Waals surface area contributed by atoms with Crippen molar-refractivity contribution in [1.82, 2.24) is 0 Å². The second-order valence-electron chi connectivity index (χ2n) is 10.6. The second kappa shape index (κ2) is 29.6. The summed E-state index contributed by atoms with van der Waals surface area (Å²) in [4.78, 5) is 11.3. The Morgan fingerprint density at radius 2 is 0.743 bits per heavy atom. The summed E-state index contributed by atoms with van der Waals surface area (Å²) in [5.41, 5.74) is 5.38. The minimum absolute atomic E-state index is 0.163. The van der Waals surface area contributed by atoms with Crippen LogP contribution in [0.25, 0.3) is 0 Å². The van der Waals surface area contributed by atoms with Crippen LogP contribution in [0.15, 0.2) is 0 Å². The van der Waals surface area contributed by atoms with E-state index in [4.69, 9.17) is 15.2 Å². The molecule has 0 radical (unpaired) electrons. The maximum Gasteiger partial charge on any atom is 0.222 e. The topological polar surface area (TPSA) is 61.5 Å². The molecule has 0 aromatic carbocycles. The zero-order valence-corrected chi connectivity index (χ0v) is 24.0. The van der Waals surface area contributed by atoms with Crippen LogP contribution in [0.5, 0.6) is 0 Å². The number of hydrogen-bond acceptors (Lipinski definition) is 3. The lowest BCUT2D eigenvalue weighted by Crippen LogP contribution is -2.26. The molecule has 0 rings (SSSR count). The lowest BCUT2D eigenvalue weighted by atomic mass is 10.1. The molecule has 0 aliphatic rings. The number of amides is 1. The number of rotatable bonds is 30. The van der Waals surface area contributed by atoms with Gasteiger partial charge in [-0.3, -0.25) is 4.79 Å². The van der Waals surface area contributed by atoms with Crippen LogP contribution < -0.4 is 5.73 Å². The van der Waals surface area contributed by atoms with Gasteiger partial charge < -0.3 is 15.2 Å². The summed E-state index contributed by atoms with van der Waals surface area (Å²) in [5.74, 6) is -0.348. The van der Waals surface area contributed by atoms with E-state index in [0.29, 0.717) is 13.2 Å². The maximum absolute atomic E-state index is 11.3. The van der Waals surface area contributed by atoms with Gasteiger partial charge in [0.1, 0.15) is 0 Å². The Balaban J connectivity index is 3.50. The van der Waals surface area contributed by atoms with E-state index in [0.717, 1.165) is 12.8 Å². The van der Waals surface area contributed by atoms with Gasteiger partial charge in [-0.1, -0.05) is 155 Å². The van der Waals surface area contributed by atoms with Gasteiger partial charge in [-0.2, -0.15) is 0 Å². The Kier molecular flexibility index (Phi) is 29.1. The first-order valence-corrected chi connectivity index (χ1v) is 15.7. The molecule has 210 valence electrons. The number of hydrogen-bond donors (Lipinski definition) is 1. The van der Waals surface area contributed by atoms with Gasteiger partial charge in [0.15, 0.2) is 6.29 Å². The summed E-state index contributed by atoms with van der Waals surface area (Å²) in [7, 11) is 0. The number of unbranched alkanes of at least 4 members (excludes halogenated alkanes) is 22. The monoisotopic (exact) mass is 497 g/mol. The maximum atomic E-state index is 11.3. The largest absolute Gasteiger partial charge is 0.370 e. The Hall–Kier alpha value is -0.610. The van der Waals surface area contributed by atoms with E-state index in [2.05, 4.69) is 13.8 Å². The van der Waals surface area contributed by atoms with E-state index in [-0.39, 0.29) is 12.3 Å². The molecule has 4 heteroatoms. The molecule has 0 unspecified atom stereocenters. The van der Waals surface area contributed by atoms with Gasteiger partial charge in [0.2, 0.25) is 5.91 Å². The first-order chi connectivity index (χ1) is 17.2. The molecule has 0 aromatic heterocycles. The van der Waals surface area contributed by atoms with Crippen LogP contribution in [0.3, 0.4) is 0 Å². The van der Waals surface area contributed by atoms with Crippen molar-refractivity contribution in [2.45, 2.75) is 181 Å². The van der Waals surface area contributed by atoms with Gasteiger partial charge in [0, 0.05) is 13.2 Å². The Morgan fingerprint density at radius 3 is 1.00 bits per heavy atom. The lowest BCUT2D eigenvalue weighted by molar-refractivity contribution is -0.156. The smallest absolute Gasteiger partial charge is 0.222 e. The molecule has 2 N–H and O–H groups in total. The van der Waals surface area contributed by atoms with Gasteiger partial charge >= 0.3 is 0 Å². The van der Waals surface area contributed by atoms with Gasteiger partial charge in [0.05, 0.1) is 6.42 Å². The van der Waals surface area contributed by atoms with E-state index < -0.39 is 6.29 Å². The fourth-order valence-electron chi connectivity index (χ4n) is 4.65. The predicted molar refractivity (Wildman–Crippen MR) is 152 cm³/mol. The summed E-state index contributed by atoms with van der Waals surface area (Å²) in [6.07, 6.45) is 31.6. The van der Waals surface area contributed by atoms with Gasteiger partial charge in [0.25, 0.3) is 0 Å². The van der Waals surface area contributed by atoms with Crippen LogP contribution in [-0.4, -0.2) is 25.4 Å². The number of ether oxygens (including phenoxy) is 2. The molecule has 4 nitrogen and oxygen atoms in total. The minimum Gasteiger partial charge on any atom is -0.370 e. The summed E-state index contributed by atoms with van der Waals surface area (Å²) in [6, 6.07) is 0. The fourth-order valence-corrected chi connectivity index (χ4v) is 4.65. The first kappa shape index (κ1) is 34.4. The SMILES string of the molecule is CCCCCCCCCCCCCCOC(CC(N)=O)OCCCCCCCCCCCCCC. The van der Waals surface area contributed by atoms with Crippen molar-refractivity contribution in [3.8, 4) is 0 Å². The van der Waals surface area contributed by atoms with Crippen molar-refractivity contribution < 1.29 is 14.3 Å². The molecule has 0 spiro atoms. The van der Waals surface area contributed by atoms with Crippen LogP contribution in [0, 0.1) is 0 Å². The summed E-state index contributed by atoms with van der Waals surface area (Å²) < 4.78 is 11.7. The van der Waals surface area contributed by atoms with E-state index >= 15 is 0 Å². The van der Waals surface area contributed by atoms with Crippen LogP contribution in [-0.2, 0) is 14.3 Å². The lowest BCUT2D eigenvalue weighted by Gasteiger charge is -2.17. The third kappa shape index (κ3) is 29.5. The highest BCUT2D eigenvalue weighted by atomic mass is 16.7. The van der Waals surface area contributed by atoms with E-state index in [9.17, 15) is 4.79 Å². The van der Waals surface area contributed by atoms with Crippen molar-refractivity contribution in [3.05, 3.63) is 0 Å². The van der Waals surface area contributed by atoms with Crippen molar-refractivity contribution in [1.29, 1.82) is 0 Å². The average molecular weight is 498 g/mol. The molecule has 0 fully saturated rings. The van der Waals surface area contributed by atoms with Crippen LogP contribution >= 0.6 is 0 Å². The number of carbonyl (C=O) groups is 1. The number of primary amides is 1. The molecule has 0 aromatic rings. The highest BCUT2D eigenvalue weighted by molar-refractivity contribution is 5.74. The fraction of sp³-hybridized carbons (Fsp3) is 0.968. The van der Waals surface area contributed by atoms with Crippen molar-refractivity contribution >= 4 is 5.91 Å². The molecule has 0 saturated carbocycles. The van der Waals surface area contributed by atoms with E-state index in [1.807, 2.05) is 0 Å². The van der Waals surface area contributed by atoms with Crippen molar-refractivity contribution in [3.63, 3.8) is 0 Å². The molecule has 0 atom stereocenters. The summed E-state index contributed by atoms with van der Waals surface area (Å²) in [6.45, 7) is 5.87. The van der Waals surface area contributed by atoms with Crippen LogP contribution in [0.2, 0.25) is 0 Å². The number of nitrogens with two attached hydrogens (primary N) is 1. The van der Waals surface area contributed by atoms with Crippen molar-refractivity contribution in [2.24, 2.45) is 5.73 Å². The minimum atomic E-state index is -0.465. The van der Waals surface area contributed by atoms with E-state index in [1.165, 1.54) is 141 Å². The third-order valence-electron chi connectivity index (χ3n) is 6.97. The van der Waals surface area contributed by atoms with Gasteiger partial charge in [-0.15, -0.1) is 0 Å². The molecule has 0 aliphatic carbocycles. The molecule has 0 heterocycles. The summed E-state index contributed by atoms with van der Waals surface area (Å²) >= 11 is 0. The second-order valence-corrected chi connectivity index (χ2v) is 10.6. The number of carbonyl (C=O) groups excluding carboxylic acids is 1. The van der Waals surface area contributed by atoms with Crippen molar-refractivity contribution in [2.75, 3.05) is 13.2 Å². The zero-order chi connectivity index (χ0) is 25.7. The predicted octanol–water partition coefficient (Wildman–Crippen LogP) is 9.62. The third-order valence-corrected chi connectivity index (χ3v) is 6.97. The van der Waals surface area contributed by atoms with Crippen LogP contribution in [0.1, 0.15) is 174 Å². The molecule has 1 amide bonds. The Morgan fingerprint density at radius 1 is 0.486 bits per heavy atom. The zero-order valence-electron chi connectivity index (χ0n) is 24.0. The quantitative estimate of drug-likeness (QED) is 0.0793. The standard InChI is InChI=1S/C31H63NO3/c1-3-5-7-9-11-13-15-17-19-21-23-25-27-34-31(29-30(32)33)35-28-26-24-22-20-18-16-14-12-10-8-6-4-2/h31H,3-29H2,1-2H3,(H2,32,33). The normalized spacial score (nSPS) is 11.5. The van der Waals surface area contributed by atoms with Gasteiger partial charge in [-0.05, 0) is 12.8 Å². The molecule has 0 saturated heterocycles. The Bertz CT molecular complexity index is 386. The highest BCUT2D eigenvalue weighted by Gasteiger charge is 2.12. The highest BCUT2D eigenvalue weighted by Crippen LogP contribution is 2.14. The van der Waals surface area contributed by atoms with E-state index in [1.54, 1.807) is 0 Å². The van der Waals surface area contributed by atoms with Crippen LogP contribution in [0.4, 0.5) is 0 Å². The molecular weight excluding hydrogens is 434 g/mol. The molecular formula is C31H63NO3. The summed E-state index contributed by atoms with van der Waals surface area (Å²) in [5, 5.41) is 0. The first-order valence-electron chi connectivity index (χ1n) is 15.7. The molecule has 0 aliphatic heterocycles. The molecule has 0 bridgehead atoms. The average Bonchev–Trinajstić information content (AvgIpc) is 2.84. The Labute approximate surface area is 219 Å². The molecule has 35 heavy (non-hydrogen) atoms.